The number of benzene rings is 1. The number of carbonyl (C=O) groups is 2. The van der Waals surface area contributed by atoms with Gasteiger partial charge in [0.15, 0.2) is 21.7 Å². The Morgan fingerprint density at radius 2 is 2.12 bits per heavy atom. The molecular formula is C19H17BrClF2N7O2. The number of nitrogens with zero attached hydrogens (tertiary/aromatic N) is 5. The maximum Gasteiger partial charge on any atom is 0.243 e. The van der Waals surface area contributed by atoms with Crippen LogP contribution in [0.4, 0.5) is 14.6 Å². The summed E-state index contributed by atoms with van der Waals surface area (Å²) in [5.74, 6) is -1.58. The van der Waals surface area contributed by atoms with Crippen LogP contribution in [0.15, 0.2) is 29.3 Å². The fourth-order valence-electron chi connectivity index (χ4n) is 3.59. The molecule has 0 bridgehead atoms. The molecule has 0 unspecified atom stereocenters. The number of carbonyl (C=O) groups excluding carboxylic acids is 2. The number of likely N-dealkylation sites (tertiary alicyclic amines) is 1. The molecule has 32 heavy (non-hydrogen) atoms. The molecule has 13 heteroatoms. The Labute approximate surface area is 194 Å². The summed E-state index contributed by atoms with van der Waals surface area (Å²) in [7, 11) is 0. The SMILES string of the molecule is Nc1ncnc2c1nc(Br)n2CC(=O)N1C[C@H](F)C[C@@H]1C(=O)NCc1cccc(Cl)c1F. The smallest absolute Gasteiger partial charge is 0.243 e. The Hall–Kier alpha value is -2.86. The zero-order valence-corrected chi connectivity index (χ0v) is 18.8. The Kier molecular flexibility index (Phi) is 6.24. The molecule has 4 rings (SSSR count). The molecule has 1 saturated heterocycles. The molecule has 3 heterocycles. The van der Waals surface area contributed by atoms with Crippen LogP contribution in [-0.2, 0) is 22.7 Å². The molecule has 3 N–H and O–H groups in total. The largest absolute Gasteiger partial charge is 0.382 e. The third-order valence-corrected chi connectivity index (χ3v) is 6.06. The van der Waals surface area contributed by atoms with Crippen molar-refractivity contribution < 1.29 is 18.4 Å². The molecule has 1 aromatic carbocycles. The van der Waals surface area contributed by atoms with E-state index in [2.05, 4.69) is 36.2 Å². The summed E-state index contributed by atoms with van der Waals surface area (Å²) in [6.45, 7) is -0.620. The number of hydrogen-bond donors (Lipinski definition) is 2. The molecule has 168 valence electrons. The minimum atomic E-state index is -1.36. The summed E-state index contributed by atoms with van der Waals surface area (Å²) in [4.78, 5) is 39.0. The van der Waals surface area contributed by atoms with Gasteiger partial charge < -0.3 is 16.0 Å². The molecule has 1 aliphatic rings. The van der Waals surface area contributed by atoms with E-state index < -0.39 is 29.8 Å². The van der Waals surface area contributed by atoms with Crippen molar-refractivity contribution >= 4 is 56.3 Å². The van der Waals surface area contributed by atoms with Gasteiger partial charge in [-0.2, -0.15) is 0 Å². The molecule has 2 atom stereocenters. The number of nitrogens with two attached hydrogens (primary N) is 1. The predicted molar refractivity (Wildman–Crippen MR) is 116 cm³/mol. The van der Waals surface area contributed by atoms with Crippen molar-refractivity contribution in [3.8, 4) is 0 Å². The first-order valence-corrected chi connectivity index (χ1v) is 10.7. The molecule has 0 spiro atoms. The van der Waals surface area contributed by atoms with Gasteiger partial charge in [0.2, 0.25) is 11.8 Å². The fraction of sp³-hybridized carbons (Fsp3) is 0.316. The molecule has 1 fully saturated rings. The summed E-state index contributed by atoms with van der Waals surface area (Å²) in [6.07, 6.45) is -0.277. The van der Waals surface area contributed by atoms with Gasteiger partial charge in [0.1, 0.15) is 30.9 Å². The average molecular weight is 529 g/mol. The Morgan fingerprint density at radius 1 is 1.34 bits per heavy atom. The lowest BCUT2D eigenvalue weighted by atomic mass is 10.1. The highest BCUT2D eigenvalue weighted by Crippen LogP contribution is 2.25. The van der Waals surface area contributed by atoms with E-state index >= 15 is 0 Å². The maximum atomic E-state index is 14.2. The van der Waals surface area contributed by atoms with Crippen LogP contribution >= 0.6 is 27.5 Å². The number of rotatable bonds is 5. The molecule has 0 radical (unpaired) electrons. The lowest BCUT2D eigenvalue weighted by Crippen LogP contribution is -2.46. The van der Waals surface area contributed by atoms with Crippen LogP contribution in [0.2, 0.25) is 5.02 Å². The average Bonchev–Trinajstić information content (AvgIpc) is 3.30. The summed E-state index contributed by atoms with van der Waals surface area (Å²) in [5, 5.41) is 2.49. The Bertz CT molecular complexity index is 1210. The van der Waals surface area contributed by atoms with Crippen molar-refractivity contribution in [2.75, 3.05) is 12.3 Å². The zero-order chi connectivity index (χ0) is 23.0. The third kappa shape index (κ3) is 4.24. The van der Waals surface area contributed by atoms with Gasteiger partial charge in [0.25, 0.3) is 0 Å². The van der Waals surface area contributed by atoms with Gasteiger partial charge in [0, 0.05) is 18.5 Å². The molecule has 0 saturated carbocycles. The monoisotopic (exact) mass is 527 g/mol. The number of amides is 2. The summed E-state index contributed by atoms with van der Waals surface area (Å²) in [5.41, 5.74) is 6.62. The van der Waals surface area contributed by atoms with E-state index in [0.717, 1.165) is 4.90 Å². The first-order chi connectivity index (χ1) is 15.3. The number of nitrogen functional groups attached to an aromatic ring is 1. The normalized spacial score (nSPS) is 18.3. The third-order valence-electron chi connectivity index (χ3n) is 5.16. The predicted octanol–water partition coefficient (Wildman–Crippen LogP) is 2.22. The highest BCUT2D eigenvalue weighted by atomic mass is 79.9. The van der Waals surface area contributed by atoms with Crippen molar-refractivity contribution in [1.82, 2.24) is 29.7 Å². The van der Waals surface area contributed by atoms with Gasteiger partial charge in [-0.3, -0.25) is 14.2 Å². The van der Waals surface area contributed by atoms with Gasteiger partial charge in [0.05, 0.1) is 11.6 Å². The van der Waals surface area contributed by atoms with Crippen LogP contribution in [0.5, 0.6) is 0 Å². The Morgan fingerprint density at radius 3 is 2.91 bits per heavy atom. The number of fused-ring (bicyclic) bond motifs is 1. The first-order valence-electron chi connectivity index (χ1n) is 9.52. The molecule has 9 nitrogen and oxygen atoms in total. The van der Waals surface area contributed by atoms with Gasteiger partial charge in [-0.05, 0) is 22.0 Å². The van der Waals surface area contributed by atoms with E-state index in [4.69, 9.17) is 17.3 Å². The Balaban J connectivity index is 1.49. The van der Waals surface area contributed by atoms with Crippen molar-refractivity contribution in [3.05, 3.63) is 45.7 Å². The quantitative estimate of drug-likeness (QED) is 0.490. The fourth-order valence-corrected chi connectivity index (χ4v) is 4.25. The second-order valence-corrected chi connectivity index (χ2v) is 8.34. The van der Waals surface area contributed by atoms with Gasteiger partial charge in [-0.15, -0.1) is 0 Å². The van der Waals surface area contributed by atoms with Crippen molar-refractivity contribution in [1.29, 1.82) is 0 Å². The number of hydrogen-bond acceptors (Lipinski definition) is 6. The molecular weight excluding hydrogens is 512 g/mol. The van der Waals surface area contributed by atoms with Crippen LogP contribution in [0.3, 0.4) is 0 Å². The van der Waals surface area contributed by atoms with Gasteiger partial charge in [-0.1, -0.05) is 23.7 Å². The van der Waals surface area contributed by atoms with Crippen LogP contribution in [0.25, 0.3) is 11.2 Å². The number of aromatic nitrogens is 4. The van der Waals surface area contributed by atoms with Crippen molar-refractivity contribution in [3.63, 3.8) is 0 Å². The van der Waals surface area contributed by atoms with Crippen LogP contribution in [-0.4, -0.2) is 55.0 Å². The second-order valence-electron chi connectivity index (χ2n) is 7.22. The minimum absolute atomic E-state index is 0.0687. The number of anilines is 1. The highest BCUT2D eigenvalue weighted by Gasteiger charge is 2.40. The van der Waals surface area contributed by atoms with E-state index in [1.807, 2.05) is 0 Å². The number of alkyl halides is 1. The lowest BCUT2D eigenvalue weighted by molar-refractivity contribution is -0.139. The number of imidazole rings is 1. The molecule has 3 aromatic rings. The van der Waals surface area contributed by atoms with Gasteiger partial charge >= 0.3 is 0 Å². The van der Waals surface area contributed by atoms with Crippen LogP contribution in [0, 0.1) is 5.82 Å². The van der Waals surface area contributed by atoms with E-state index in [-0.39, 0.29) is 42.5 Å². The van der Waals surface area contributed by atoms with Crippen molar-refractivity contribution in [2.45, 2.75) is 31.7 Å². The molecule has 2 amide bonds. The topological polar surface area (TPSA) is 119 Å². The standard InChI is InChI=1S/C19H17BrClF2N7O2/c20-19-28-15-16(24)26-8-27-17(15)30(19)7-13(31)29-6-10(22)4-12(29)18(32)25-5-9-2-1-3-11(21)14(9)23/h1-3,8,10,12H,4-7H2,(H,25,32)(H2,24,26,27)/t10-,12-/m1/s1. The highest BCUT2D eigenvalue weighted by molar-refractivity contribution is 9.10. The van der Waals surface area contributed by atoms with E-state index in [1.165, 1.54) is 23.0 Å². The molecule has 2 aromatic heterocycles. The summed E-state index contributed by atoms with van der Waals surface area (Å²) >= 11 is 9.01. The van der Waals surface area contributed by atoms with Crippen molar-refractivity contribution in [2.24, 2.45) is 0 Å². The number of halogens is 4. The summed E-state index contributed by atoms with van der Waals surface area (Å²) < 4.78 is 30.0. The van der Waals surface area contributed by atoms with Crippen LogP contribution in [0.1, 0.15) is 12.0 Å². The van der Waals surface area contributed by atoms with E-state index in [9.17, 15) is 18.4 Å². The zero-order valence-electron chi connectivity index (χ0n) is 16.4. The first kappa shape index (κ1) is 22.3. The van der Waals surface area contributed by atoms with Gasteiger partial charge in [-0.25, -0.2) is 23.7 Å². The second kappa shape index (κ2) is 8.94. The lowest BCUT2D eigenvalue weighted by Gasteiger charge is -2.24. The van der Waals surface area contributed by atoms with Crippen LogP contribution < -0.4 is 11.1 Å². The molecule has 1 aliphatic heterocycles. The number of nitrogens with one attached hydrogen (secondary N) is 1. The minimum Gasteiger partial charge on any atom is -0.382 e. The van der Waals surface area contributed by atoms with E-state index in [1.54, 1.807) is 6.07 Å². The van der Waals surface area contributed by atoms with E-state index in [0.29, 0.717) is 15.9 Å². The maximum absolute atomic E-state index is 14.2. The summed E-state index contributed by atoms with van der Waals surface area (Å²) in [6, 6.07) is 3.39. The molecule has 0 aliphatic carbocycles.